The van der Waals surface area contributed by atoms with Crippen molar-refractivity contribution >= 4 is 28.7 Å². The predicted molar refractivity (Wildman–Crippen MR) is 129 cm³/mol. The number of aliphatic hydroxyl groups excluding tert-OH is 1. The number of aromatic nitrogens is 1. The summed E-state index contributed by atoms with van der Waals surface area (Å²) in [5.74, 6) is 0.00807. The van der Waals surface area contributed by atoms with Gasteiger partial charge < -0.3 is 23.9 Å². The maximum Gasteiger partial charge on any atom is 0.258 e. The molecule has 1 atom stereocenters. The summed E-state index contributed by atoms with van der Waals surface area (Å²) >= 11 is 6.10. The average Bonchev–Trinajstić information content (AvgIpc) is 2.78. The fraction of sp³-hybridized carbons (Fsp3) is 0.360. The van der Waals surface area contributed by atoms with Gasteiger partial charge in [0.15, 0.2) is 0 Å². The van der Waals surface area contributed by atoms with Gasteiger partial charge in [0.25, 0.3) is 5.56 Å². The first-order chi connectivity index (χ1) is 15.2. The molecule has 1 heterocycles. The molecule has 6 nitrogen and oxygen atoms in total. The van der Waals surface area contributed by atoms with Gasteiger partial charge in [-0.15, -0.1) is 0 Å². The van der Waals surface area contributed by atoms with Crippen LogP contribution in [0.2, 0.25) is 5.02 Å². The van der Waals surface area contributed by atoms with E-state index in [4.69, 9.17) is 26.2 Å². The van der Waals surface area contributed by atoms with Crippen molar-refractivity contribution in [1.82, 2.24) is 4.57 Å². The van der Waals surface area contributed by atoms with Crippen LogP contribution in [0.4, 0.5) is 0 Å². The molecule has 0 aliphatic heterocycles. The lowest BCUT2D eigenvalue weighted by Crippen LogP contribution is -2.29. The molecule has 7 heteroatoms. The fourth-order valence-corrected chi connectivity index (χ4v) is 3.64. The molecular weight excluding hydrogens is 430 g/mol. The van der Waals surface area contributed by atoms with Crippen LogP contribution in [0.1, 0.15) is 32.4 Å². The molecule has 0 radical (unpaired) electrons. The molecule has 0 aliphatic carbocycles. The first kappa shape index (κ1) is 25.6. The Bertz CT molecular complexity index is 1130. The molecule has 172 valence electrons. The van der Waals surface area contributed by atoms with Crippen molar-refractivity contribution in [3.05, 3.63) is 63.5 Å². The van der Waals surface area contributed by atoms with E-state index in [1.807, 2.05) is 39.0 Å². The molecule has 3 rings (SSSR count). The Balaban J connectivity index is 0.00000176. The van der Waals surface area contributed by atoms with Gasteiger partial charge in [-0.2, -0.15) is 0 Å². The molecule has 0 saturated heterocycles. The molecule has 1 unspecified atom stereocenters. The van der Waals surface area contributed by atoms with Crippen LogP contribution in [0.3, 0.4) is 0 Å². The van der Waals surface area contributed by atoms with Crippen LogP contribution in [0.15, 0.2) is 47.3 Å². The highest BCUT2D eigenvalue weighted by Crippen LogP contribution is 2.36. The smallest absolute Gasteiger partial charge is 0.258 e. The van der Waals surface area contributed by atoms with Crippen molar-refractivity contribution in [2.75, 3.05) is 20.8 Å². The minimum atomic E-state index is -0.622. The lowest BCUT2D eigenvalue weighted by molar-refractivity contribution is -0.112. The van der Waals surface area contributed by atoms with Crippen molar-refractivity contribution in [2.45, 2.75) is 32.3 Å². The molecule has 0 saturated carbocycles. The summed E-state index contributed by atoms with van der Waals surface area (Å²) < 4.78 is 12.8. The van der Waals surface area contributed by atoms with E-state index in [0.29, 0.717) is 21.9 Å². The second-order valence-electron chi connectivity index (χ2n) is 8.21. The number of aliphatic hydroxyl groups is 1. The third kappa shape index (κ3) is 5.57. The SMILES string of the molecule is CO.COc1ccc2c(=O)n(C)c(C(C=O)COC(C)(C)C)c(-c3ccc(Cl)cc3)c2c1. The van der Waals surface area contributed by atoms with Crippen LogP contribution in [-0.2, 0) is 16.6 Å². The summed E-state index contributed by atoms with van der Waals surface area (Å²) in [6.45, 7) is 5.95. The Kier molecular flexibility index (Phi) is 8.61. The minimum absolute atomic E-state index is 0.163. The van der Waals surface area contributed by atoms with E-state index in [1.165, 1.54) is 0 Å². The maximum atomic E-state index is 13.2. The summed E-state index contributed by atoms with van der Waals surface area (Å²) in [5.41, 5.74) is 1.65. The number of benzene rings is 2. The van der Waals surface area contributed by atoms with Gasteiger partial charge >= 0.3 is 0 Å². The first-order valence-corrected chi connectivity index (χ1v) is 10.5. The molecule has 1 N–H and O–H groups in total. The van der Waals surface area contributed by atoms with E-state index in [-0.39, 0.29) is 12.2 Å². The summed E-state index contributed by atoms with van der Waals surface area (Å²) in [7, 11) is 4.27. The van der Waals surface area contributed by atoms with Gasteiger partial charge in [0.2, 0.25) is 0 Å². The van der Waals surface area contributed by atoms with Gasteiger partial charge in [-0.25, -0.2) is 0 Å². The maximum absolute atomic E-state index is 13.2. The van der Waals surface area contributed by atoms with Crippen LogP contribution >= 0.6 is 11.6 Å². The number of carbonyl (C=O) groups excluding carboxylic acids is 1. The van der Waals surface area contributed by atoms with Crippen molar-refractivity contribution < 1.29 is 19.4 Å². The topological polar surface area (TPSA) is 77.8 Å². The minimum Gasteiger partial charge on any atom is -0.497 e. The van der Waals surface area contributed by atoms with Gasteiger partial charge in [-0.05, 0) is 56.7 Å². The number of nitrogens with zero attached hydrogens (tertiary/aromatic N) is 1. The number of fused-ring (bicyclic) bond motifs is 1. The second kappa shape index (κ2) is 10.8. The molecule has 32 heavy (non-hydrogen) atoms. The van der Waals surface area contributed by atoms with Crippen LogP contribution in [0, 0.1) is 0 Å². The summed E-state index contributed by atoms with van der Waals surface area (Å²) in [4.78, 5) is 25.3. The van der Waals surface area contributed by atoms with Gasteiger partial charge in [0.05, 0.1) is 25.2 Å². The highest BCUT2D eigenvalue weighted by molar-refractivity contribution is 6.30. The van der Waals surface area contributed by atoms with Crippen LogP contribution in [-0.4, -0.2) is 42.4 Å². The van der Waals surface area contributed by atoms with E-state index >= 15 is 0 Å². The normalized spacial score (nSPS) is 12.1. The van der Waals surface area contributed by atoms with Crippen LogP contribution in [0.5, 0.6) is 5.75 Å². The highest BCUT2D eigenvalue weighted by atomic mass is 35.5. The third-order valence-electron chi connectivity index (χ3n) is 4.99. The number of methoxy groups -OCH3 is 1. The van der Waals surface area contributed by atoms with Crippen molar-refractivity contribution in [3.8, 4) is 16.9 Å². The van der Waals surface area contributed by atoms with Crippen molar-refractivity contribution in [2.24, 2.45) is 7.05 Å². The standard InChI is InChI=1S/C24H26ClNO4.CH4O/c1-24(2,3)30-14-16(13-27)22-21(15-6-8-17(25)9-7-15)20-12-18(29-5)10-11-19(20)23(28)26(22)4;1-2/h6-13,16H,14H2,1-5H3;2H,1H3. The van der Waals surface area contributed by atoms with Crippen LogP contribution < -0.4 is 10.3 Å². The predicted octanol–water partition coefficient (Wildman–Crippen LogP) is 4.57. The zero-order valence-electron chi connectivity index (χ0n) is 19.3. The number of hydrogen-bond acceptors (Lipinski definition) is 5. The van der Waals surface area contributed by atoms with Gasteiger partial charge in [-0.3, -0.25) is 4.79 Å². The van der Waals surface area contributed by atoms with E-state index in [9.17, 15) is 9.59 Å². The number of rotatable bonds is 6. The van der Waals surface area contributed by atoms with Crippen LogP contribution in [0.25, 0.3) is 21.9 Å². The van der Waals surface area contributed by atoms with Gasteiger partial charge in [0, 0.05) is 41.2 Å². The number of ether oxygens (including phenoxy) is 2. The Morgan fingerprint density at radius 1 is 1.09 bits per heavy atom. The average molecular weight is 460 g/mol. The zero-order valence-corrected chi connectivity index (χ0v) is 20.1. The van der Waals surface area contributed by atoms with Crippen molar-refractivity contribution in [3.63, 3.8) is 0 Å². The number of carbonyl (C=O) groups is 1. The summed E-state index contributed by atoms with van der Waals surface area (Å²) in [6.07, 6.45) is 0.839. The monoisotopic (exact) mass is 459 g/mol. The molecule has 3 aromatic rings. The lowest BCUT2D eigenvalue weighted by atomic mass is 9.91. The Morgan fingerprint density at radius 3 is 2.25 bits per heavy atom. The lowest BCUT2D eigenvalue weighted by Gasteiger charge is -2.25. The highest BCUT2D eigenvalue weighted by Gasteiger charge is 2.25. The molecule has 0 spiro atoms. The molecule has 0 bridgehead atoms. The Morgan fingerprint density at radius 2 is 1.72 bits per heavy atom. The quantitative estimate of drug-likeness (QED) is 0.546. The fourth-order valence-electron chi connectivity index (χ4n) is 3.52. The number of pyridine rings is 1. The van der Waals surface area contributed by atoms with Crippen molar-refractivity contribution in [1.29, 1.82) is 0 Å². The Hall–Kier alpha value is -2.67. The number of hydrogen-bond donors (Lipinski definition) is 1. The summed E-state index contributed by atoms with van der Waals surface area (Å²) in [6, 6.07) is 12.7. The molecule has 0 fully saturated rings. The number of halogens is 1. The van der Waals surface area contributed by atoms with Gasteiger partial charge in [0.1, 0.15) is 12.0 Å². The molecule has 2 aromatic carbocycles. The van der Waals surface area contributed by atoms with Gasteiger partial charge in [-0.1, -0.05) is 23.7 Å². The molecule has 0 aliphatic rings. The van der Waals surface area contributed by atoms with E-state index < -0.39 is 11.5 Å². The van der Waals surface area contributed by atoms with E-state index in [1.54, 1.807) is 43.0 Å². The molecular formula is C25H30ClNO5. The second-order valence-corrected chi connectivity index (χ2v) is 8.65. The molecule has 1 aromatic heterocycles. The first-order valence-electron chi connectivity index (χ1n) is 10.2. The Labute approximate surface area is 193 Å². The number of aldehydes is 1. The zero-order chi connectivity index (χ0) is 24.1. The molecule has 0 amide bonds. The largest absolute Gasteiger partial charge is 0.497 e. The van der Waals surface area contributed by atoms with E-state index in [0.717, 1.165) is 29.9 Å². The van der Waals surface area contributed by atoms with E-state index in [2.05, 4.69) is 0 Å². The third-order valence-corrected chi connectivity index (χ3v) is 5.24. The summed E-state index contributed by atoms with van der Waals surface area (Å²) in [5, 5.41) is 8.88.